The van der Waals surface area contributed by atoms with Gasteiger partial charge in [-0.05, 0) is 25.0 Å². The van der Waals surface area contributed by atoms with Crippen molar-refractivity contribution in [1.82, 2.24) is 15.0 Å². The van der Waals surface area contributed by atoms with Gasteiger partial charge in [0.15, 0.2) is 6.29 Å². The second-order valence-electron chi connectivity index (χ2n) is 4.12. The van der Waals surface area contributed by atoms with Crippen LogP contribution in [0.5, 0.6) is 5.75 Å². The zero-order valence-corrected chi connectivity index (χ0v) is 11.2. The zero-order chi connectivity index (χ0) is 13.7. The number of carbonyl (C=O) groups excluding carboxylic acids is 1. The van der Waals surface area contributed by atoms with Gasteiger partial charge in [-0.3, -0.25) is 4.79 Å². The van der Waals surface area contributed by atoms with Crippen LogP contribution in [0.2, 0.25) is 0 Å². The number of benzene rings is 1. The minimum Gasteiger partial charge on any atom is -0.491 e. The summed E-state index contributed by atoms with van der Waals surface area (Å²) in [6.07, 6.45) is 2.35. The molecule has 0 fully saturated rings. The van der Waals surface area contributed by atoms with Crippen molar-refractivity contribution in [2.75, 3.05) is 6.61 Å². The maximum atomic E-state index is 10.9. The third kappa shape index (κ3) is 2.65. The van der Waals surface area contributed by atoms with E-state index in [1.807, 2.05) is 31.2 Å². The van der Waals surface area contributed by atoms with Gasteiger partial charge in [0.25, 0.3) is 0 Å². The van der Waals surface area contributed by atoms with Gasteiger partial charge in [-0.2, -0.15) is 0 Å². The molecule has 5 heteroatoms. The van der Waals surface area contributed by atoms with Crippen molar-refractivity contribution >= 4 is 6.29 Å². The lowest BCUT2D eigenvalue weighted by atomic mass is 10.2. The summed E-state index contributed by atoms with van der Waals surface area (Å²) in [7, 11) is 0. The Kier molecular flexibility index (Phi) is 4.28. The fraction of sp³-hybridized carbons (Fsp3) is 0.357. The predicted molar refractivity (Wildman–Crippen MR) is 71.9 cm³/mol. The summed E-state index contributed by atoms with van der Waals surface area (Å²) >= 11 is 0. The maximum Gasteiger partial charge on any atom is 0.172 e. The average Bonchev–Trinajstić information content (AvgIpc) is 2.88. The second-order valence-corrected chi connectivity index (χ2v) is 4.12. The molecule has 0 spiro atoms. The Labute approximate surface area is 112 Å². The molecule has 0 aliphatic heterocycles. The molecule has 0 amide bonds. The fourth-order valence-corrected chi connectivity index (χ4v) is 1.90. The average molecular weight is 259 g/mol. The van der Waals surface area contributed by atoms with Crippen LogP contribution in [-0.4, -0.2) is 27.9 Å². The van der Waals surface area contributed by atoms with E-state index in [9.17, 15) is 4.79 Å². The minimum atomic E-state index is 0.382. The van der Waals surface area contributed by atoms with Crippen LogP contribution in [-0.2, 0) is 6.42 Å². The Morgan fingerprint density at radius 2 is 2.11 bits per heavy atom. The second kappa shape index (κ2) is 6.13. The van der Waals surface area contributed by atoms with Crippen molar-refractivity contribution in [3.8, 4) is 11.4 Å². The Morgan fingerprint density at radius 3 is 2.79 bits per heavy atom. The number of aldehydes is 1. The number of rotatable bonds is 6. The highest BCUT2D eigenvalue weighted by atomic mass is 16.5. The first kappa shape index (κ1) is 13.3. The predicted octanol–water partition coefficient (Wildman–Crippen LogP) is 2.43. The Bertz CT molecular complexity index is 564. The maximum absolute atomic E-state index is 10.9. The number of aromatic nitrogens is 3. The van der Waals surface area contributed by atoms with Crippen LogP contribution in [0, 0.1) is 0 Å². The van der Waals surface area contributed by atoms with E-state index < -0.39 is 0 Å². The number of hydrogen-bond donors (Lipinski definition) is 0. The van der Waals surface area contributed by atoms with Gasteiger partial charge in [-0.15, -0.1) is 5.10 Å². The van der Waals surface area contributed by atoms with Crippen molar-refractivity contribution in [2.45, 2.75) is 26.7 Å². The molecule has 2 rings (SSSR count). The van der Waals surface area contributed by atoms with Crippen LogP contribution in [0.15, 0.2) is 24.3 Å². The lowest BCUT2D eigenvalue weighted by Crippen LogP contribution is -2.06. The summed E-state index contributed by atoms with van der Waals surface area (Å²) in [5.74, 6) is 0.751. The van der Waals surface area contributed by atoms with E-state index in [4.69, 9.17) is 4.74 Å². The summed E-state index contributed by atoms with van der Waals surface area (Å²) in [4.78, 5) is 10.9. The first-order valence-electron chi connectivity index (χ1n) is 6.43. The molecule has 0 N–H and O–H groups in total. The molecule has 0 aliphatic rings. The van der Waals surface area contributed by atoms with Gasteiger partial charge in [0.2, 0.25) is 0 Å². The smallest absolute Gasteiger partial charge is 0.172 e. The molecule has 0 bridgehead atoms. The van der Waals surface area contributed by atoms with E-state index in [1.165, 1.54) is 0 Å². The Morgan fingerprint density at radius 1 is 1.32 bits per heavy atom. The van der Waals surface area contributed by atoms with Crippen LogP contribution in [0.25, 0.3) is 5.69 Å². The molecule has 1 aromatic carbocycles. The molecule has 0 radical (unpaired) electrons. The molecule has 0 saturated carbocycles. The summed E-state index contributed by atoms with van der Waals surface area (Å²) in [5, 5.41) is 7.94. The van der Waals surface area contributed by atoms with E-state index in [0.29, 0.717) is 18.7 Å². The van der Waals surface area contributed by atoms with E-state index in [1.54, 1.807) is 4.68 Å². The van der Waals surface area contributed by atoms with Gasteiger partial charge in [0.1, 0.15) is 17.1 Å². The monoisotopic (exact) mass is 259 g/mol. The molecule has 1 heterocycles. The summed E-state index contributed by atoms with van der Waals surface area (Å²) in [5.41, 5.74) is 1.99. The van der Waals surface area contributed by atoms with Crippen molar-refractivity contribution in [1.29, 1.82) is 0 Å². The fourth-order valence-electron chi connectivity index (χ4n) is 1.90. The van der Waals surface area contributed by atoms with Gasteiger partial charge in [-0.1, -0.05) is 31.2 Å². The highest BCUT2D eigenvalue weighted by Crippen LogP contribution is 2.24. The lowest BCUT2D eigenvalue weighted by Gasteiger charge is -2.11. The van der Waals surface area contributed by atoms with Gasteiger partial charge < -0.3 is 4.74 Å². The summed E-state index contributed by atoms with van der Waals surface area (Å²) in [6, 6.07) is 7.63. The standard InChI is InChI=1S/C14H17N3O2/c1-3-9-19-14-8-6-5-7-13(14)17-12(4-2)11(10-18)15-16-17/h5-8,10H,3-4,9H2,1-2H3. The summed E-state index contributed by atoms with van der Waals surface area (Å²) in [6.45, 7) is 4.67. The van der Waals surface area contributed by atoms with Crippen LogP contribution in [0.3, 0.4) is 0 Å². The molecule has 0 aliphatic carbocycles. The molecule has 0 saturated heterocycles. The first-order chi connectivity index (χ1) is 9.31. The number of hydrogen-bond acceptors (Lipinski definition) is 4. The first-order valence-corrected chi connectivity index (χ1v) is 6.43. The highest BCUT2D eigenvalue weighted by Gasteiger charge is 2.14. The molecular weight excluding hydrogens is 242 g/mol. The number of carbonyl (C=O) groups is 1. The molecule has 1 aromatic heterocycles. The SMILES string of the molecule is CCCOc1ccccc1-n1nnc(C=O)c1CC. The zero-order valence-electron chi connectivity index (χ0n) is 11.2. The van der Waals surface area contributed by atoms with Gasteiger partial charge in [-0.25, -0.2) is 4.68 Å². The Hall–Kier alpha value is -2.17. The van der Waals surface area contributed by atoms with E-state index in [0.717, 1.165) is 29.8 Å². The quantitative estimate of drug-likeness (QED) is 0.748. The summed E-state index contributed by atoms with van der Waals surface area (Å²) < 4.78 is 7.38. The third-order valence-corrected chi connectivity index (χ3v) is 2.79. The highest BCUT2D eigenvalue weighted by molar-refractivity contribution is 5.73. The largest absolute Gasteiger partial charge is 0.491 e. The van der Waals surface area contributed by atoms with Gasteiger partial charge in [0.05, 0.1) is 12.3 Å². The van der Waals surface area contributed by atoms with Crippen LogP contribution < -0.4 is 4.74 Å². The third-order valence-electron chi connectivity index (χ3n) is 2.79. The molecular formula is C14H17N3O2. The number of nitrogens with zero attached hydrogens (tertiary/aromatic N) is 3. The van der Waals surface area contributed by atoms with Crippen molar-refractivity contribution < 1.29 is 9.53 Å². The van der Waals surface area contributed by atoms with E-state index >= 15 is 0 Å². The van der Waals surface area contributed by atoms with Crippen molar-refractivity contribution in [3.05, 3.63) is 35.7 Å². The van der Waals surface area contributed by atoms with E-state index in [-0.39, 0.29) is 0 Å². The van der Waals surface area contributed by atoms with Crippen LogP contribution in [0.4, 0.5) is 0 Å². The number of ether oxygens (including phenoxy) is 1. The molecule has 100 valence electrons. The lowest BCUT2D eigenvalue weighted by molar-refractivity contribution is 0.111. The van der Waals surface area contributed by atoms with Gasteiger partial charge >= 0.3 is 0 Å². The topological polar surface area (TPSA) is 57.0 Å². The normalized spacial score (nSPS) is 10.4. The molecule has 5 nitrogen and oxygen atoms in total. The molecule has 2 aromatic rings. The van der Waals surface area contributed by atoms with Crippen molar-refractivity contribution in [3.63, 3.8) is 0 Å². The minimum absolute atomic E-state index is 0.382. The van der Waals surface area contributed by atoms with Crippen LogP contribution >= 0.6 is 0 Å². The Balaban J connectivity index is 2.46. The van der Waals surface area contributed by atoms with Crippen molar-refractivity contribution in [2.24, 2.45) is 0 Å². The molecule has 19 heavy (non-hydrogen) atoms. The number of para-hydroxylation sites is 2. The molecule has 0 unspecified atom stereocenters. The van der Waals surface area contributed by atoms with E-state index in [2.05, 4.69) is 17.2 Å². The molecule has 0 atom stereocenters. The van der Waals surface area contributed by atoms with Gasteiger partial charge in [0, 0.05) is 0 Å². The van der Waals surface area contributed by atoms with Crippen LogP contribution in [0.1, 0.15) is 36.5 Å².